The number of hydrogen-bond donors (Lipinski definition) is 0. The van der Waals surface area contributed by atoms with Gasteiger partial charge in [0.2, 0.25) is 5.89 Å². The monoisotopic (exact) mass is 588 g/mol. The van der Waals surface area contributed by atoms with Crippen LogP contribution in [-0.4, -0.2) is 4.98 Å². The van der Waals surface area contributed by atoms with Crippen LogP contribution in [0.1, 0.15) is 0 Å². The number of nitrogens with zero attached hydrogens (tertiary/aromatic N) is 2. The summed E-state index contributed by atoms with van der Waals surface area (Å²) in [4.78, 5) is 7.24. The van der Waals surface area contributed by atoms with Crippen molar-refractivity contribution in [3.05, 3.63) is 170 Å². The summed E-state index contributed by atoms with van der Waals surface area (Å²) in [6.45, 7) is 0. The van der Waals surface area contributed by atoms with Crippen LogP contribution in [0.4, 0.5) is 17.1 Å². The Bertz CT molecular complexity index is 2480. The number of fused-ring (bicyclic) bond motifs is 6. The van der Waals surface area contributed by atoms with Crippen molar-refractivity contribution in [2.24, 2.45) is 0 Å². The molecular formula is C43H28N2O. The first-order chi connectivity index (χ1) is 22.8. The topological polar surface area (TPSA) is 29.3 Å². The minimum atomic E-state index is 0.626. The van der Waals surface area contributed by atoms with Crippen molar-refractivity contribution in [2.45, 2.75) is 0 Å². The maximum atomic E-state index is 6.62. The second-order valence-corrected chi connectivity index (χ2v) is 11.6. The lowest BCUT2D eigenvalue weighted by molar-refractivity contribution is 0.623. The minimum Gasteiger partial charge on any atom is -0.435 e. The summed E-state index contributed by atoms with van der Waals surface area (Å²) in [5.74, 6) is 0.626. The molecule has 0 spiro atoms. The zero-order valence-corrected chi connectivity index (χ0v) is 25.0. The van der Waals surface area contributed by atoms with Gasteiger partial charge in [0.1, 0.15) is 5.52 Å². The standard InChI is InChI=1S/C43H28N2O/c1-4-13-30(14-5-1)43-44-40-25-22-33-27-38(32-21-20-29-12-10-11-15-31(29)26-32)37-24-23-36(28-39(37)41(33)42(40)46-43)45(34-16-6-2-7-17-34)35-18-8-3-9-19-35/h1-28H. The van der Waals surface area contributed by atoms with E-state index in [0.717, 1.165) is 55.3 Å². The Morgan fingerprint density at radius 1 is 0.435 bits per heavy atom. The summed E-state index contributed by atoms with van der Waals surface area (Å²) in [5.41, 5.74) is 8.25. The molecule has 216 valence electrons. The van der Waals surface area contributed by atoms with Crippen LogP contribution in [0.3, 0.4) is 0 Å². The third kappa shape index (κ3) is 4.41. The average Bonchev–Trinajstić information content (AvgIpc) is 3.57. The van der Waals surface area contributed by atoms with E-state index in [9.17, 15) is 0 Å². The molecule has 1 aromatic heterocycles. The van der Waals surface area contributed by atoms with Crippen LogP contribution in [0.5, 0.6) is 0 Å². The summed E-state index contributed by atoms with van der Waals surface area (Å²) in [6.07, 6.45) is 0. The van der Waals surface area contributed by atoms with Crippen LogP contribution in [-0.2, 0) is 0 Å². The molecule has 0 aliphatic rings. The van der Waals surface area contributed by atoms with Crippen LogP contribution >= 0.6 is 0 Å². The smallest absolute Gasteiger partial charge is 0.227 e. The molecule has 0 amide bonds. The molecule has 0 fully saturated rings. The Hall–Kier alpha value is -6.19. The lowest BCUT2D eigenvalue weighted by Crippen LogP contribution is -2.09. The van der Waals surface area contributed by atoms with Crippen molar-refractivity contribution in [3.63, 3.8) is 0 Å². The second-order valence-electron chi connectivity index (χ2n) is 11.6. The number of oxazole rings is 1. The molecule has 9 rings (SSSR count). The molecule has 0 radical (unpaired) electrons. The zero-order chi connectivity index (χ0) is 30.5. The van der Waals surface area contributed by atoms with Gasteiger partial charge in [0.25, 0.3) is 0 Å². The van der Waals surface area contributed by atoms with E-state index in [1.54, 1.807) is 0 Å². The van der Waals surface area contributed by atoms with Crippen LogP contribution in [0.15, 0.2) is 174 Å². The maximum Gasteiger partial charge on any atom is 0.227 e. The first kappa shape index (κ1) is 26.2. The molecule has 3 heteroatoms. The van der Waals surface area contributed by atoms with Gasteiger partial charge in [0.15, 0.2) is 5.58 Å². The van der Waals surface area contributed by atoms with E-state index < -0.39 is 0 Å². The van der Waals surface area contributed by atoms with Gasteiger partial charge in [0, 0.05) is 28.0 Å². The van der Waals surface area contributed by atoms with Gasteiger partial charge in [0.05, 0.1) is 0 Å². The molecule has 0 saturated heterocycles. The van der Waals surface area contributed by atoms with Crippen molar-refractivity contribution in [2.75, 3.05) is 4.90 Å². The van der Waals surface area contributed by atoms with Gasteiger partial charge in [-0.25, -0.2) is 4.98 Å². The normalized spacial score (nSPS) is 11.5. The molecule has 46 heavy (non-hydrogen) atoms. The number of para-hydroxylation sites is 2. The number of aromatic nitrogens is 1. The fraction of sp³-hybridized carbons (Fsp3) is 0. The third-order valence-electron chi connectivity index (χ3n) is 8.82. The van der Waals surface area contributed by atoms with Crippen molar-refractivity contribution < 1.29 is 4.42 Å². The summed E-state index contributed by atoms with van der Waals surface area (Å²) in [6, 6.07) is 59.8. The molecule has 0 aliphatic carbocycles. The Labute approximate surface area is 266 Å². The van der Waals surface area contributed by atoms with Crippen molar-refractivity contribution in [3.8, 4) is 22.6 Å². The van der Waals surface area contributed by atoms with Gasteiger partial charge >= 0.3 is 0 Å². The first-order valence-electron chi connectivity index (χ1n) is 15.5. The number of benzene rings is 8. The Morgan fingerprint density at radius 3 is 1.83 bits per heavy atom. The molecule has 3 nitrogen and oxygen atoms in total. The van der Waals surface area contributed by atoms with Gasteiger partial charge in [-0.05, 0) is 105 Å². The lowest BCUT2D eigenvalue weighted by Gasteiger charge is -2.26. The molecule has 9 aromatic rings. The summed E-state index contributed by atoms with van der Waals surface area (Å²) >= 11 is 0. The molecule has 0 aliphatic heterocycles. The highest BCUT2D eigenvalue weighted by molar-refractivity contribution is 6.22. The zero-order valence-electron chi connectivity index (χ0n) is 25.0. The van der Waals surface area contributed by atoms with Gasteiger partial charge in [-0.2, -0.15) is 0 Å². The second kappa shape index (κ2) is 10.8. The van der Waals surface area contributed by atoms with E-state index in [1.165, 1.54) is 21.9 Å². The highest BCUT2D eigenvalue weighted by atomic mass is 16.3. The Kier molecular flexibility index (Phi) is 6.14. The van der Waals surface area contributed by atoms with Crippen molar-refractivity contribution in [1.29, 1.82) is 0 Å². The molecular weight excluding hydrogens is 560 g/mol. The number of hydrogen-bond acceptors (Lipinski definition) is 3. The van der Waals surface area contributed by atoms with Crippen LogP contribution in [0.2, 0.25) is 0 Å². The molecule has 0 bridgehead atoms. The molecule has 0 N–H and O–H groups in total. The number of anilines is 3. The predicted octanol–water partition coefficient (Wildman–Crippen LogP) is 12.1. The summed E-state index contributed by atoms with van der Waals surface area (Å²) < 4.78 is 6.62. The van der Waals surface area contributed by atoms with Crippen LogP contribution < -0.4 is 4.90 Å². The largest absolute Gasteiger partial charge is 0.435 e. The van der Waals surface area contributed by atoms with E-state index >= 15 is 0 Å². The average molecular weight is 589 g/mol. The number of rotatable bonds is 5. The van der Waals surface area contributed by atoms with E-state index in [2.05, 4.69) is 144 Å². The van der Waals surface area contributed by atoms with E-state index in [4.69, 9.17) is 9.40 Å². The maximum absolute atomic E-state index is 6.62. The fourth-order valence-corrected chi connectivity index (χ4v) is 6.65. The lowest BCUT2D eigenvalue weighted by atomic mass is 9.91. The fourth-order valence-electron chi connectivity index (χ4n) is 6.65. The quantitative estimate of drug-likeness (QED) is 0.187. The molecule has 0 atom stereocenters. The highest BCUT2D eigenvalue weighted by Gasteiger charge is 2.19. The minimum absolute atomic E-state index is 0.626. The molecule has 0 unspecified atom stereocenters. The van der Waals surface area contributed by atoms with Gasteiger partial charge in [-0.3, -0.25) is 0 Å². The third-order valence-corrected chi connectivity index (χ3v) is 8.82. The van der Waals surface area contributed by atoms with E-state index in [0.29, 0.717) is 5.89 Å². The first-order valence-corrected chi connectivity index (χ1v) is 15.5. The Morgan fingerprint density at radius 2 is 1.09 bits per heavy atom. The highest BCUT2D eigenvalue weighted by Crippen LogP contribution is 2.43. The summed E-state index contributed by atoms with van der Waals surface area (Å²) in [7, 11) is 0. The van der Waals surface area contributed by atoms with Gasteiger partial charge in [-0.15, -0.1) is 0 Å². The predicted molar refractivity (Wildman–Crippen MR) is 192 cm³/mol. The van der Waals surface area contributed by atoms with E-state index in [-0.39, 0.29) is 0 Å². The molecule has 8 aromatic carbocycles. The van der Waals surface area contributed by atoms with Crippen molar-refractivity contribution in [1.82, 2.24) is 4.98 Å². The molecule has 0 saturated carbocycles. The van der Waals surface area contributed by atoms with Crippen molar-refractivity contribution >= 4 is 60.5 Å². The van der Waals surface area contributed by atoms with E-state index in [1.807, 2.05) is 30.3 Å². The molecule has 1 heterocycles. The SMILES string of the molecule is c1ccc(-c2nc3ccc4cc(-c5ccc6ccccc6c5)c5ccc(N(c6ccccc6)c6ccccc6)cc5c4c3o2)cc1. The Balaban J connectivity index is 1.36. The van der Waals surface area contributed by atoms with Crippen LogP contribution in [0.25, 0.3) is 66.0 Å². The van der Waals surface area contributed by atoms with Crippen LogP contribution in [0, 0.1) is 0 Å². The van der Waals surface area contributed by atoms with Gasteiger partial charge < -0.3 is 9.32 Å². The summed E-state index contributed by atoms with van der Waals surface area (Å²) in [5, 5.41) is 6.92. The van der Waals surface area contributed by atoms with Gasteiger partial charge in [-0.1, -0.05) is 103 Å².